The number of nitrogens with one attached hydrogen (secondary N) is 1. The summed E-state index contributed by atoms with van der Waals surface area (Å²) in [6.07, 6.45) is 3.00. The summed E-state index contributed by atoms with van der Waals surface area (Å²) < 4.78 is 7.06. The van der Waals surface area contributed by atoms with Gasteiger partial charge in [-0.15, -0.1) is 0 Å². The highest BCUT2D eigenvalue weighted by molar-refractivity contribution is 5.55. The maximum absolute atomic E-state index is 12.2. The van der Waals surface area contributed by atoms with E-state index in [9.17, 15) is 10.1 Å². The van der Waals surface area contributed by atoms with Gasteiger partial charge in [0.15, 0.2) is 0 Å². The minimum absolute atomic E-state index is 0.157. The second kappa shape index (κ2) is 6.30. The molecule has 0 spiro atoms. The van der Waals surface area contributed by atoms with Gasteiger partial charge in [0.05, 0.1) is 30.5 Å². The first-order chi connectivity index (χ1) is 12.2. The van der Waals surface area contributed by atoms with Gasteiger partial charge in [-0.3, -0.25) is 4.79 Å². The molecule has 0 saturated carbocycles. The summed E-state index contributed by atoms with van der Waals surface area (Å²) in [6.45, 7) is 2.70. The van der Waals surface area contributed by atoms with Crippen molar-refractivity contribution in [1.29, 1.82) is 5.26 Å². The second-order valence-corrected chi connectivity index (χ2v) is 6.57. The molecular weight excluding hydrogens is 318 g/mol. The molecule has 1 fully saturated rings. The van der Waals surface area contributed by atoms with Gasteiger partial charge in [-0.25, -0.2) is 9.67 Å². The maximum atomic E-state index is 12.2. The normalized spacial score (nSPS) is 21.8. The minimum atomic E-state index is -0.228. The third-order valence-electron chi connectivity index (χ3n) is 4.82. The number of nitriles is 1. The zero-order chi connectivity index (χ0) is 17.4. The van der Waals surface area contributed by atoms with Crippen molar-refractivity contribution in [3.8, 4) is 6.07 Å². The molecule has 7 heteroatoms. The van der Waals surface area contributed by atoms with Crippen molar-refractivity contribution < 1.29 is 4.74 Å². The number of ether oxygens (including phenoxy) is 1. The maximum Gasteiger partial charge on any atom is 0.267 e. The molecule has 0 aromatic carbocycles. The first-order valence-electron chi connectivity index (χ1n) is 8.49. The van der Waals surface area contributed by atoms with Crippen molar-refractivity contribution in [2.24, 2.45) is 0 Å². The minimum Gasteiger partial charge on any atom is -0.377 e. The van der Waals surface area contributed by atoms with Crippen LogP contribution in [0, 0.1) is 18.3 Å². The quantitative estimate of drug-likeness (QED) is 0.909. The Kier molecular flexibility index (Phi) is 3.98. The van der Waals surface area contributed by atoms with Crippen molar-refractivity contribution in [2.45, 2.75) is 38.3 Å². The zero-order valence-corrected chi connectivity index (χ0v) is 14.0. The Morgan fingerprint density at radius 1 is 1.36 bits per heavy atom. The van der Waals surface area contributed by atoms with Crippen LogP contribution in [0.15, 0.2) is 23.0 Å². The van der Waals surface area contributed by atoms with Gasteiger partial charge in [0.25, 0.3) is 5.56 Å². The molecule has 3 heterocycles. The molecule has 128 valence electrons. The third-order valence-corrected chi connectivity index (χ3v) is 4.82. The zero-order valence-electron chi connectivity index (χ0n) is 14.0. The topological polar surface area (TPSA) is 92.8 Å². The van der Waals surface area contributed by atoms with Gasteiger partial charge in [-0.1, -0.05) is 0 Å². The number of fused-ring (bicyclic) bond motifs is 1. The van der Waals surface area contributed by atoms with Gasteiger partial charge in [0.2, 0.25) is 0 Å². The summed E-state index contributed by atoms with van der Waals surface area (Å²) in [7, 11) is 0. The van der Waals surface area contributed by atoms with E-state index in [0.29, 0.717) is 24.6 Å². The second-order valence-electron chi connectivity index (χ2n) is 6.57. The Labute approximate surface area is 145 Å². The molecule has 2 atom stereocenters. The van der Waals surface area contributed by atoms with Gasteiger partial charge >= 0.3 is 0 Å². The molecule has 1 saturated heterocycles. The van der Waals surface area contributed by atoms with Crippen LogP contribution in [0.2, 0.25) is 0 Å². The summed E-state index contributed by atoms with van der Waals surface area (Å²) >= 11 is 0. The van der Waals surface area contributed by atoms with Crippen LogP contribution in [0.1, 0.15) is 35.0 Å². The summed E-state index contributed by atoms with van der Waals surface area (Å²) in [6, 6.07) is 6.99. The molecule has 0 radical (unpaired) electrons. The lowest BCUT2D eigenvalue weighted by atomic mass is 10.1. The summed E-state index contributed by atoms with van der Waals surface area (Å²) in [5.41, 5.74) is 3.38. The standard InChI is InChI=1S/C18H19N5O2/c1-11-5-6-17(24)23(22-11)16-10-25-9-15(16)21-18-13(8-19)7-12-3-2-4-14(12)20-18/h5-7,15-16H,2-4,9-10H2,1H3,(H,20,21). The average Bonchev–Trinajstić information content (AvgIpc) is 3.25. The van der Waals surface area contributed by atoms with Gasteiger partial charge < -0.3 is 10.1 Å². The van der Waals surface area contributed by atoms with E-state index in [1.54, 1.807) is 6.07 Å². The summed E-state index contributed by atoms with van der Waals surface area (Å²) in [4.78, 5) is 16.8. The fourth-order valence-electron chi connectivity index (χ4n) is 3.52. The molecule has 7 nitrogen and oxygen atoms in total. The van der Waals surface area contributed by atoms with Crippen molar-refractivity contribution >= 4 is 5.82 Å². The van der Waals surface area contributed by atoms with E-state index in [1.165, 1.54) is 10.7 Å². The molecule has 0 amide bonds. The van der Waals surface area contributed by atoms with Gasteiger partial charge in [-0.2, -0.15) is 10.4 Å². The number of aromatic nitrogens is 3. The molecule has 1 aliphatic heterocycles. The van der Waals surface area contributed by atoms with E-state index in [-0.39, 0.29) is 17.6 Å². The number of rotatable bonds is 3. The van der Waals surface area contributed by atoms with Crippen LogP contribution in [0.3, 0.4) is 0 Å². The fourth-order valence-corrected chi connectivity index (χ4v) is 3.52. The predicted octanol–water partition coefficient (Wildman–Crippen LogP) is 1.36. The molecule has 2 aromatic rings. The average molecular weight is 337 g/mol. The number of hydrogen-bond acceptors (Lipinski definition) is 6. The first kappa shape index (κ1) is 15.8. The molecular formula is C18H19N5O2. The molecule has 25 heavy (non-hydrogen) atoms. The molecule has 2 aromatic heterocycles. The van der Waals surface area contributed by atoms with Gasteiger partial charge in [-0.05, 0) is 43.9 Å². The highest BCUT2D eigenvalue weighted by atomic mass is 16.5. The first-order valence-corrected chi connectivity index (χ1v) is 8.49. The molecule has 4 rings (SSSR count). The SMILES string of the molecule is Cc1ccc(=O)n(C2COCC2Nc2nc3c(cc2C#N)CCC3)n1. The lowest BCUT2D eigenvalue weighted by molar-refractivity contribution is 0.182. The van der Waals surface area contributed by atoms with E-state index >= 15 is 0 Å². The van der Waals surface area contributed by atoms with E-state index in [2.05, 4.69) is 21.5 Å². The fraction of sp³-hybridized carbons (Fsp3) is 0.444. The Bertz CT molecular complexity index is 915. The van der Waals surface area contributed by atoms with E-state index < -0.39 is 0 Å². The van der Waals surface area contributed by atoms with Crippen LogP contribution >= 0.6 is 0 Å². The van der Waals surface area contributed by atoms with Crippen LogP contribution < -0.4 is 10.9 Å². The predicted molar refractivity (Wildman–Crippen MR) is 91.5 cm³/mol. The highest BCUT2D eigenvalue weighted by Gasteiger charge is 2.32. The number of pyridine rings is 1. The molecule has 2 unspecified atom stereocenters. The molecule has 2 aliphatic rings. The Hall–Kier alpha value is -2.72. The van der Waals surface area contributed by atoms with Crippen LogP contribution in [0.5, 0.6) is 0 Å². The summed E-state index contributed by atoms with van der Waals surface area (Å²) in [5, 5.41) is 17.1. The largest absolute Gasteiger partial charge is 0.377 e. The monoisotopic (exact) mass is 337 g/mol. The number of nitrogens with zero attached hydrogens (tertiary/aromatic N) is 4. The lowest BCUT2D eigenvalue weighted by Gasteiger charge is -2.21. The highest BCUT2D eigenvalue weighted by Crippen LogP contribution is 2.27. The summed E-state index contributed by atoms with van der Waals surface area (Å²) in [5.74, 6) is 0.573. The smallest absolute Gasteiger partial charge is 0.267 e. The van der Waals surface area contributed by atoms with Crippen LogP contribution in [-0.4, -0.2) is 34.0 Å². The number of hydrogen-bond donors (Lipinski definition) is 1. The van der Waals surface area contributed by atoms with Crippen LogP contribution in [-0.2, 0) is 17.6 Å². The number of aryl methyl sites for hydroxylation is 3. The van der Waals surface area contributed by atoms with Gasteiger partial charge in [0.1, 0.15) is 17.9 Å². The lowest BCUT2D eigenvalue weighted by Crippen LogP contribution is -2.37. The van der Waals surface area contributed by atoms with Gasteiger partial charge in [0, 0.05) is 11.8 Å². The Balaban J connectivity index is 1.65. The van der Waals surface area contributed by atoms with Crippen LogP contribution in [0.4, 0.5) is 5.82 Å². The van der Waals surface area contributed by atoms with Crippen molar-refractivity contribution in [1.82, 2.24) is 14.8 Å². The molecule has 1 N–H and O–H groups in total. The number of anilines is 1. The van der Waals surface area contributed by atoms with E-state index in [0.717, 1.165) is 36.2 Å². The van der Waals surface area contributed by atoms with Crippen molar-refractivity contribution in [3.63, 3.8) is 0 Å². The van der Waals surface area contributed by atoms with Crippen molar-refractivity contribution in [2.75, 3.05) is 18.5 Å². The Morgan fingerprint density at radius 2 is 2.24 bits per heavy atom. The van der Waals surface area contributed by atoms with Crippen molar-refractivity contribution in [3.05, 3.63) is 51.1 Å². The molecule has 1 aliphatic carbocycles. The van der Waals surface area contributed by atoms with E-state index in [1.807, 2.05) is 13.0 Å². The van der Waals surface area contributed by atoms with E-state index in [4.69, 9.17) is 4.74 Å². The Morgan fingerprint density at radius 3 is 3.08 bits per heavy atom. The third kappa shape index (κ3) is 2.89. The molecule has 0 bridgehead atoms. The van der Waals surface area contributed by atoms with Crippen LogP contribution in [0.25, 0.3) is 0 Å².